The van der Waals surface area contributed by atoms with Crippen LogP contribution in [-0.4, -0.2) is 61.4 Å². The molecule has 0 radical (unpaired) electrons. The molecule has 134 valence electrons. The summed E-state index contributed by atoms with van der Waals surface area (Å²) in [5.74, 6) is -2.23. The molecule has 0 heterocycles. The summed E-state index contributed by atoms with van der Waals surface area (Å²) >= 11 is 0. The Balaban J connectivity index is 2.58. The highest BCUT2D eigenvalue weighted by Gasteiger charge is 2.19. The Hall–Kier alpha value is -2.16. The molecule has 5 N–H and O–H groups in total. The molecule has 1 rings (SSSR count). The summed E-state index contributed by atoms with van der Waals surface area (Å²) in [6.07, 6.45) is -1.63. The number of carbonyl (C=O) groups excluding carboxylic acids is 1. The smallest absolute Gasteiger partial charge is 0.339 e. The van der Waals surface area contributed by atoms with Crippen molar-refractivity contribution in [1.82, 2.24) is 10.8 Å². The third-order valence-corrected chi connectivity index (χ3v) is 2.63. The molecule has 0 aliphatic carbocycles. The van der Waals surface area contributed by atoms with Crippen molar-refractivity contribution in [3.8, 4) is 5.75 Å². The number of nitrogens with zero attached hydrogens (tertiary/aromatic N) is 2. The third-order valence-electron chi connectivity index (χ3n) is 2.63. The van der Waals surface area contributed by atoms with Gasteiger partial charge in [-0.1, -0.05) is 12.1 Å². The summed E-state index contributed by atoms with van der Waals surface area (Å²) in [6.45, 7) is -0.538. The minimum absolute atomic E-state index is 0.147. The van der Waals surface area contributed by atoms with E-state index >= 15 is 0 Å². The molecule has 0 aliphatic rings. The van der Waals surface area contributed by atoms with Crippen molar-refractivity contribution in [3.63, 3.8) is 0 Å². The van der Waals surface area contributed by atoms with Crippen molar-refractivity contribution in [2.75, 3.05) is 6.61 Å². The van der Waals surface area contributed by atoms with Gasteiger partial charge in [-0.05, 0) is 18.6 Å². The lowest BCUT2D eigenvalue weighted by Crippen LogP contribution is -2.31. The Morgan fingerprint density at radius 2 is 1.75 bits per heavy atom. The van der Waals surface area contributed by atoms with Gasteiger partial charge in [0.15, 0.2) is 0 Å². The fourth-order valence-corrected chi connectivity index (χ4v) is 1.63. The van der Waals surface area contributed by atoms with Gasteiger partial charge >= 0.3 is 11.9 Å². The van der Waals surface area contributed by atoms with Crippen LogP contribution >= 0.6 is 0 Å². The number of rotatable bonds is 10. The molecule has 1 aromatic rings. The van der Waals surface area contributed by atoms with Gasteiger partial charge in [-0.3, -0.25) is 25.6 Å². The number of hydrogen-bond acceptors (Lipinski definition) is 11. The van der Waals surface area contributed by atoms with E-state index in [4.69, 9.17) is 30.7 Å². The van der Waals surface area contributed by atoms with Gasteiger partial charge in [0.25, 0.3) is 0 Å². The van der Waals surface area contributed by atoms with E-state index in [0.717, 1.165) is 0 Å². The van der Waals surface area contributed by atoms with Gasteiger partial charge in [0, 0.05) is 6.42 Å². The van der Waals surface area contributed by atoms with Crippen molar-refractivity contribution < 1.29 is 49.9 Å². The maximum atomic E-state index is 11.8. The van der Waals surface area contributed by atoms with Crippen LogP contribution in [0.15, 0.2) is 24.3 Å². The maximum Gasteiger partial charge on any atom is 0.339 e. The van der Waals surface area contributed by atoms with E-state index in [1.165, 1.54) is 24.3 Å². The predicted molar refractivity (Wildman–Crippen MR) is 69.9 cm³/mol. The summed E-state index contributed by atoms with van der Waals surface area (Å²) in [6, 6.07) is 5.52. The van der Waals surface area contributed by atoms with Crippen molar-refractivity contribution >= 4 is 11.9 Å². The second kappa shape index (κ2) is 9.86. The Kier molecular flexibility index (Phi) is 8.17. The number of esters is 1. The molecule has 1 atom stereocenters. The first kappa shape index (κ1) is 19.9. The normalized spacial score (nSPS) is 12.4. The molecule has 0 bridgehead atoms. The predicted octanol–water partition coefficient (Wildman–Crippen LogP) is 0.463. The minimum atomic E-state index is -1.27. The SMILES string of the molecule is O=C(CCC(CON(O)O)ON(O)O)Oc1ccccc1C(=O)O. The maximum absolute atomic E-state index is 11.8. The average molecular weight is 348 g/mol. The summed E-state index contributed by atoms with van der Waals surface area (Å²) in [5, 5.41) is 41.7. The fraction of sp³-hybridized carbons (Fsp3) is 0.333. The van der Waals surface area contributed by atoms with Crippen molar-refractivity contribution in [2.24, 2.45) is 0 Å². The minimum Gasteiger partial charge on any atom is -0.478 e. The number of aromatic carboxylic acids is 1. The molecule has 12 heteroatoms. The van der Waals surface area contributed by atoms with E-state index < -0.39 is 35.4 Å². The van der Waals surface area contributed by atoms with Crippen LogP contribution in [0.25, 0.3) is 0 Å². The number of hydrogen-bond donors (Lipinski definition) is 5. The third kappa shape index (κ3) is 7.40. The number of carboxylic acids is 1. The number of para-hydroxylation sites is 1. The first-order chi connectivity index (χ1) is 11.3. The van der Waals surface area contributed by atoms with E-state index in [2.05, 4.69) is 9.68 Å². The monoisotopic (exact) mass is 348 g/mol. The Morgan fingerprint density at radius 3 is 2.33 bits per heavy atom. The highest BCUT2D eigenvalue weighted by molar-refractivity contribution is 5.91. The van der Waals surface area contributed by atoms with E-state index in [9.17, 15) is 9.59 Å². The molecular formula is C12H16N2O10. The van der Waals surface area contributed by atoms with Crippen LogP contribution in [0.4, 0.5) is 0 Å². The lowest BCUT2D eigenvalue weighted by molar-refractivity contribution is -0.527. The molecule has 0 amide bonds. The molecule has 0 saturated heterocycles. The highest BCUT2D eigenvalue weighted by Crippen LogP contribution is 2.19. The van der Waals surface area contributed by atoms with Gasteiger partial charge < -0.3 is 9.84 Å². The molecule has 24 heavy (non-hydrogen) atoms. The largest absolute Gasteiger partial charge is 0.478 e. The van der Waals surface area contributed by atoms with Gasteiger partial charge in [-0.25, -0.2) is 14.5 Å². The molecule has 12 nitrogen and oxygen atoms in total. The molecule has 0 fully saturated rings. The van der Waals surface area contributed by atoms with Gasteiger partial charge in [-0.15, -0.1) is 0 Å². The van der Waals surface area contributed by atoms with Crippen LogP contribution in [-0.2, 0) is 14.5 Å². The molecule has 0 aromatic heterocycles. The lowest BCUT2D eigenvalue weighted by atomic mass is 10.2. The van der Waals surface area contributed by atoms with Crippen LogP contribution in [0, 0.1) is 0 Å². The van der Waals surface area contributed by atoms with Crippen molar-refractivity contribution in [2.45, 2.75) is 18.9 Å². The zero-order chi connectivity index (χ0) is 18.1. The van der Waals surface area contributed by atoms with Gasteiger partial charge in [0.05, 0.1) is 10.8 Å². The number of carbonyl (C=O) groups is 2. The van der Waals surface area contributed by atoms with Crippen LogP contribution in [0.1, 0.15) is 23.2 Å². The van der Waals surface area contributed by atoms with Gasteiger partial charge in [0.2, 0.25) is 0 Å². The molecule has 0 spiro atoms. The molecule has 0 saturated carbocycles. The average Bonchev–Trinajstić information content (AvgIpc) is 2.49. The first-order valence-electron chi connectivity index (χ1n) is 6.48. The molecule has 1 unspecified atom stereocenters. The second-order valence-corrected chi connectivity index (χ2v) is 4.34. The van der Waals surface area contributed by atoms with E-state index in [1.807, 2.05) is 0 Å². The lowest BCUT2D eigenvalue weighted by Gasteiger charge is -2.18. The molecular weight excluding hydrogens is 332 g/mol. The fourth-order valence-electron chi connectivity index (χ4n) is 1.63. The zero-order valence-corrected chi connectivity index (χ0v) is 12.2. The topological polar surface area (TPSA) is 169 Å². The second-order valence-electron chi connectivity index (χ2n) is 4.34. The zero-order valence-electron chi connectivity index (χ0n) is 12.2. The summed E-state index contributed by atoms with van der Waals surface area (Å²) < 4.78 is 4.92. The van der Waals surface area contributed by atoms with E-state index in [1.54, 1.807) is 0 Å². The Bertz CT molecular complexity index is 550. The van der Waals surface area contributed by atoms with Gasteiger partial charge in [-0.2, -0.15) is 0 Å². The highest BCUT2D eigenvalue weighted by atomic mass is 17.1. The standard InChI is InChI=1S/C12H16N2O10/c15-11(23-10-4-2-1-3-9(10)12(16)17)6-5-8(24-14(20)21)7-22-13(18)19/h1-4,8,18-21H,5-7H2,(H,16,17). The summed E-state index contributed by atoms with van der Waals surface area (Å²) in [4.78, 5) is 31.4. The van der Waals surface area contributed by atoms with E-state index in [-0.39, 0.29) is 24.2 Å². The Morgan fingerprint density at radius 1 is 1.08 bits per heavy atom. The summed E-state index contributed by atoms with van der Waals surface area (Å²) in [7, 11) is 0. The first-order valence-corrected chi connectivity index (χ1v) is 6.48. The van der Waals surface area contributed by atoms with E-state index in [0.29, 0.717) is 0 Å². The van der Waals surface area contributed by atoms with Crippen LogP contribution in [0.5, 0.6) is 5.75 Å². The van der Waals surface area contributed by atoms with Gasteiger partial charge in [0.1, 0.15) is 24.0 Å². The summed E-state index contributed by atoms with van der Waals surface area (Å²) in [5.41, 5.74) is -0.199. The Labute approximate surface area is 134 Å². The van der Waals surface area contributed by atoms with Crippen molar-refractivity contribution in [3.05, 3.63) is 29.8 Å². The number of benzene rings is 1. The molecule has 0 aliphatic heterocycles. The van der Waals surface area contributed by atoms with Crippen LogP contribution in [0.3, 0.4) is 0 Å². The van der Waals surface area contributed by atoms with Crippen molar-refractivity contribution in [1.29, 1.82) is 0 Å². The molecule has 1 aromatic carbocycles. The number of carboxylic acid groups (broad SMARTS) is 1. The quantitative estimate of drug-likeness (QED) is 0.225. The number of ether oxygens (including phenoxy) is 1. The van der Waals surface area contributed by atoms with Crippen LogP contribution < -0.4 is 4.74 Å². The van der Waals surface area contributed by atoms with Crippen LogP contribution in [0.2, 0.25) is 0 Å².